The van der Waals surface area contributed by atoms with E-state index in [-0.39, 0.29) is 28.9 Å². The highest BCUT2D eigenvalue weighted by atomic mass is 35.5. The number of rotatable bonds is 3. The minimum atomic E-state index is -1.83. The first-order valence-corrected chi connectivity index (χ1v) is 12.2. The number of benzene rings is 1. The topological polar surface area (TPSA) is 114 Å². The molecule has 4 heterocycles. The number of imidazole rings is 1. The molecule has 3 aliphatic heterocycles. The SMILES string of the molecule is CC1(C)Oc2ccc(Cl)cc2[C@H]2OCC3(CCN(C(=O)CCn4ccnc4)CC3)C[C@@H]21.O=C(O)O. The van der Waals surface area contributed by atoms with Gasteiger partial charge in [0, 0.05) is 55.0 Å². The van der Waals surface area contributed by atoms with Gasteiger partial charge in [0.25, 0.3) is 0 Å². The van der Waals surface area contributed by atoms with Gasteiger partial charge in [-0.1, -0.05) is 11.6 Å². The molecule has 0 bridgehead atoms. The molecule has 190 valence electrons. The lowest BCUT2D eigenvalue weighted by atomic mass is 9.64. The second-order valence-corrected chi connectivity index (χ2v) is 10.6. The van der Waals surface area contributed by atoms with E-state index in [2.05, 4.69) is 18.8 Å². The molecular weight excluding hydrogens is 474 g/mol. The van der Waals surface area contributed by atoms with E-state index in [0.717, 1.165) is 50.3 Å². The average Bonchev–Trinajstić information content (AvgIpc) is 3.32. The maximum absolute atomic E-state index is 12.7. The minimum absolute atomic E-state index is 0.0120. The Bertz CT molecular complexity index is 1050. The van der Waals surface area contributed by atoms with Crippen LogP contribution in [0.5, 0.6) is 5.75 Å². The average molecular weight is 506 g/mol. The number of fused-ring (bicyclic) bond motifs is 3. The number of amides is 1. The Balaban J connectivity index is 0.000000672. The molecule has 2 saturated heterocycles. The zero-order valence-electron chi connectivity index (χ0n) is 20.0. The molecule has 0 aliphatic carbocycles. The van der Waals surface area contributed by atoms with Gasteiger partial charge in [0.2, 0.25) is 5.91 Å². The number of hydrogen-bond acceptors (Lipinski definition) is 5. The van der Waals surface area contributed by atoms with Gasteiger partial charge in [-0.15, -0.1) is 0 Å². The molecule has 9 nitrogen and oxygen atoms in total. The van der Waals surface area contributed by atoms with Crippen molar-refractivity contribution < 1.29 is 29.3 Å². The van der Waals surface area contributed by atoms with E-state index in [1.54, 1.807) is 12.5 Å². The van der Waals surface area contributed by atoms with Gasteiger partial charge in [-0.05, 0) is 56.7 Å². The van der Waals surface area contributed by atoms with E-state index < -0.39 is 6.16 Å². The van der Waals surface area contributed by atoms with Crippen molar-refractivity contribution in [2.45, 2.75) is 57.8 Å². The summed E-state index contributed by atoms with van der Waals surface area (Å²) in [5.74, 6) is 1.36. The highest BCUT2D eigenvalue weighted by Crippen LogP contribution is 2.55. The largest absolute Gasteiger partial charge is 0.503 e. The maximum atomic E-state index is 12.7. The lowest BCUT2D eigenvalue weighted by Crippen LogP contribution is -2.54. The summed E-state index contributed by atoms with van der Waals surface area (Å²) in [7, 11) is 0. The molecule has 1 spiro atoms. The van der Waals surface area contributed by atoms with E-state index >= 15 is 0 Å². The summed E-state index contributed by atoms with van der Waals surface area (Å²) in [5, 5.41) is 14.7. The zero-order chi connectivity index (χ0) is 25.2. The molecule has 10 heteroatoms. The number of ether oxygens (including phenoxy) is 2. The van der Waals surface area contributed by atoms with Crippen LogP contribution in [0.2, 0.25) is 5.02 Å². The lowest BCUT2D eigenvalue weighted by molar-refractivity contribution is -0.176. The molecule has 2 fully saturated rings. The van der Waals surface area contributed by atoms with Gasteiger partial charge in [0.15, 0.2) is 0 Å². The van der Waals surface area contributed by atoms with Gasteiger partial charge >= 0.3 is 6.16 Å². The molecule has 3 aliphatic rings. The Hall–Kier alpha value is -2.78. The number of halogens is 1. The Morgan fingerprint density at radius 3 is 2.60 bits per heavy atom. The highest BCUT2D eigenvalue weighted by Gasteiger charge is 2.52. The fraction of sp³-hybridized carbons (Fsp3) is 0.560. The summed E-state index contributed by atoms with van der Waals surface area (Å²) in [6, 6.07) is 5.82. The van der Waals surface area contributed by atoms with Crippen LogP contribution in [0.3, 0.4) is 0 Å². The van der Waals surface area contributed by atoms with Gasteiger partial charge in [-0.25, -0.2) is 9.78 Å². The molecule has 2 atom stereocenters. The zero-order valence-corrected chi connectivity index (χ0v) is 20.8. The number of piperidine rings is 1. The number of aromatic nitrogens is 2. The normalized spacial score (nSPS) is 23.8. The minimum Gasteiger partial charge on any atom is -0.487 e. The number of nitrogens with zero attached hydrogens (tertiary/aromatic N) is 3. The van der Waals surface area contributed by atoms with E-state index in [4.69, 9.17) is 36.1 Å². The van der Waals surface area contributed by atoms with Crippen LogP contribution in [0.4, 0.5) is 4.79 Å². The smallest absolute Gasteiger partial charge is 0.487 e. The summed E-state index contributed by atoms with van der Waals surface area (Å²) in [6.07, 6.45) is 7.10. The molecule has 1 aromatic heterocycles. The van der Waals surface area contributed by atoms with Crippen LogP contribution < -0.4 is 4.74 Å². The highest BCUT2D eigenvalue weighted by molar-refractivity contribution is 6.30. The van der Waals surface area contributed by atoms with Crippen LogP contribution in [0.15, 0.2) is 36.9 Å². The van der Waals surface area contributed by atoms with E-state index in [1.165, 1.54) is 0 Å². The van der Waals surface area contributed by atoms with Gasteiger partial charge in [-0.3, -0.25) is 4.79 Å². The third-order valence-electron chi connectivity index (χ3n) is 7.45. The first-order valence-electron chi connectivity index (χ1n) is 11.8. The molecule has 35 heavy (non-hydrogen) atoms. The monoisotopic (exact) mass is 505 g/mol. The van der Waals surface area contributed by atoms with Crippen LogP contribution in [-0.4, -0.2) is 62.0 Å². The van der Waals surface area contributed by atoms with Crippen LogP contribution in [0, 0.1) is 11.3 Å². The third-order valence-corrected chi connectivity index (χ3v) is 7.69. The van der Waals surface area contributed by atoms with Gasteiger partial charge in [0.1, 0.15) is 11.4 Å². The Kier molecular flexibility index (Phi) is 7.28. The first kappa shape index (κ1) is 25.3. The molecule has 1 aromatic carbocycles. The summed E-state index contributed by atoms with van der Waals surface area (Å²) >= 11 is 6.27. The van der Waals surface area contributed by atoms with Crippen molar-refractivity contribution >= 4 is 23.7 Å². The van der Waals surface area contributed by atoms with Crippen molar-refractivity contribution in [2.24, 2.45) is 11.3 Å². The summed E-state index contributed by atoms with van der Waals surface area (Å²) in [5.41, 5.74) is 0.870. The van der Waals surface area contributed by atoms with E-state index in [9.17, 15) is 4.79 Å². The van der Waals surface area contributed by atoms with Gasteiger partial charge < -0.3 is 29.2 Å². The number of carbonyl (C=O) groups excluding carboxylic acids is 1. The van der Waals surface area contributed by atoms with Crippen molar-refractivity contribution in [3.05, 3.63) is 47.5 Å². The van der Waals surface area contributed by atoms with E-state index in [0.29, 0.717) is 18.0 Å². The molecule has 0 unspecified atom stereocenters. The van der Waals surface area contributed by atoms with Gasteiger partial charge in [0.05, 0.1) is 19.0 Å². The second-order valence-electron chi connectivity index (χ2n) is 10.1. The number of hydrogen-bond donors (Lipinski definition) is 2. The predicted molar refractivity (Wildman–Crippen MR) is 129 cm³/mol. The Morgan fingerprint density at radius 2 is 1.94 bits per heavy atom. The molecule has 1 amide bonds. The van der Waals surface area contributed by atoms with Crippen LogP contribution in [0.1, 0.15) is 51.2 Å². The second kappa shape index (κ2) is 10.1. The van der Waals surface area contributed by atoms with Crippen LogP contribution >= 0.6 is 11.6 Å². The van der Waals surface area contributed by atoms with Crippen LogP contribution in [-0.2, 0) is 16.1 Å². The van der Waals surface area contributed by atoms with Gasteiger partial charge in [-0.2, -0.15) is 0 Å². The molecule has 2 aromatic rings. The number of carbonyl (C=O) groups is 2. The Morgan fingerprint density at radius 1 is 1.23 bits per heavy atom. The van der Waals surface area contributed by atoms with Crippen LogP contribution in [0.25, 0.3) is 0 Å². The number of likely N-dealkylation sites (tertiary alicyclic amines) is 1. The fourth-order valence-corrected chi connectivity index (χ4v) is 5.69. The fourth-order valence-electron chi connectivity index (χ4n) is 5.51. The Labute approximate surface area is 209 Å². The quantitative estimate of drug-likeness (QED) is 0.621. The van der Waals surface area contributed by atoms with Crippen molar-refractivity contribution in [1.29, 1.82) is 0 Å². The molecule has 0 radical (unpaired) electrons. The van der Waals surface area contributed by atoms with Crippen molar-refractivity contribution in [1.82, 2.24) is 14.5 Å². The van der Waals surface area contributed by atoms with Crippen molar-refractivity contribution in [3.8, 4) is 5.75 Å². The maximum Gasteiger partial charge on any atom is 0.503 e. The predicted octanol–water partition coefficient (Wildman–Crippen LogP) is 4.71. The van der Waals surface area contributed by atoms with Crippen molar-refractivity contribution in [2.75, 3.05) is 19.7 Å². The number of aryl methyl sites for hydroxylation is 1. The molecule has 0 saturated carbocycles. The van der Waals surface area contributed by atoms with Crippen molar-refractivity contribution in [3.63, 3.8) is 0 Å². The molecular formula is C25H32ClN3O6. The van der Waals surface area contributed by atoms with E-state index in [1.807, 2.05) is 33.9 Å². The summed E-state index contributed by atoms with van der Waals surface area (Å²) in [4.78, 5) is 27.3. The summed E-state index contributed by atoms with van der Waals surface area (Å²) in [6.45, 7) is 7.34. The summed E-state index contributed by atoms with van der Waals surface area (Å²) < 4.78 is 14.9. The standard InChI is InChI=1S/C24H30ClN3O3.CH2O3/c1-23(2)19-14-24(15-30-22(19)18-13-17(25)3-4-20(18)31-23)6-10-28(11-7-24)21(29)5-9-27-12-8-26-16-27;2-1(3)4/h3-4,8,12-13,16,19,22H,5-7,9-11,14-15H2,1-2H3;(H2,2,3,4)/t19-,22+;/m0./s1. The molecule has 5 rings (SSSR count). The lowest BCUT2D eigenvalue weighted by Gasteiger charge is -2.54. The first-order chi connectivity index (χ1) is 16.6. The number of carboxylic acid groups (broad SMARTS) is 2. The third kappa shape index (κ3) is 5.73. The molecule has 2 N–H and O–H groups in total.